The van der Waals surface area contributed by atoms with Gasteiger partial charge in [0.2, 0.25) is 5.91 Å². The number of nitrogens with zero attached hydrogens (tertiary/aromatic N) is 4. The van der Waals surface area contributed by atoms with Crippen molar-refractivity contribution in [3.05, 3.63) is 65.7 Å². The number of carbonyl (C=O) groups is 1. The van der Waals surface area contributed by atoms with Crippen LogP contribution in [-0.2, 0) is 4.79 Å². The molecule has 2 aliphatic rings. The van der Waals surface area contributed by atoms with Gasteiger partial charge in [-0.1, -0.05) is 59.9 Å². The lowest BCUT2D eigenvalue weighted by Gasteiger charge is -2.38. The number of hydrogen-bond donors (Lipinski definition) is 0. The Bertz CT molecular complexity index is 1120. The first-order valence-corrected chi connectivity index (χ1v) is 12.8. The maximum absolute atomic E-state index is 13.3. The number of carbonyl (C=O) groups excluding carboxylic acids is 1. The highest BCUT2D eigenvalue weighted by Gasteiger charge is 2.31. The zero-order valence-electron chi connectivity index (χ0n) is 19.3. The summed E-state index contributed by atoms with van der Waals surface area (Å²) in [5.41, 5.74) is 3.56. The van der Waals surface area contributed by atoms with E-state index in [0.29, 0.717) is 5.91 Å². The molecule has 1 amide bonds. The molecule has 1 aromatic heterocycles. The molecule has 6 heteroatoms. The molecule has 2 fully saturated rings. The lowest BCUT2D eigenvalue weighted by Crippen LogP contribution is -2.52. The van der Waals surface area contributed by atoms with Gasteiger partial charge in [0.05, 0.1) is 16.1 Å². The summed E-state index contributed by atoms with van der Waals surface area (Å²) in [6.45, 7) is 8.38. The third-order valence-corrected chi connectivity index (χ3v) is 7.81. The Hall–Kier alpha value is -2.70. The summed E-state index contributed by atoms with van der Waals surface area (Å²) in [6.07, 6.45) is 6.44. The molecule has 2 aliphatic heterocycles. The van der Waals surface area contributed by atoms with Crippen molar-refractivity contribution >= 4 is 38.7 Å². The van der Waals surface area contributed by atoms with Crippen molar-refractivity contribution < 1.29 is 4.79 Å². The summed E-state index contributed by atoms with van der Waals surface area (Å²) in [4.78, 5) is 25.0. The largest absolute Gasteiger partial charge is 0.347 e. The summed E-state index contributed by atoms with van der Waals surface area (Å²) >= 11 is 1.75. The number of aromatic nitrogens is 1. The van der Waals surface area contributed by atoms with Crippen LogP contribution in [-0.4, -0.2) is 66.5 Å². The predicted molar refractivity (Wildman–Crippen MR) is 138 cm³/mol. The van der Waals surface area contributed by atoms with Gasteiger partial charge in [-0.25, -0.2) is 4.98 Å². The Kier molecular flexibility index (Phi) is 6.74. The number of aryl methyl sites for hydroxylation is 1. The summed E-state index contributed by atoms with van der Waals surface area (Å²) in [5, 5.41) is 1.06. The van der Waals surface area contributed by atoms with Crippen molar-refractivity contribution in [3.63, 3.8) is 0 Å². The average molecular weight is 461 g/mol. The molecular formula is C27H32N4OS. The van der Waals surface area contributed by atoms with Gasteiger partial charge in [0.25, 0.3) is 0 Å². The number of piperazine rings is 1. The molecule has 0 N–H and O–H groups in total. The molecule has 2 saturated heterocycles. The molecule has 3 heterocycles. The fourth-order valence-electron chi connectivity index (χ4n) is 4.82. The van der Waals surface area contributed by atoms with Crippen LogP contribution in [0.25, 0.3) is 16.3 Å². The van der Waals surface area contributed by atoms with Crippen molar-refractivity contribution in [3.8, 4) is 0 Å². The number of benzene rings is 2. The molecule has 5 nitrogen and oxygen atoms in total. The van der Waals surface area contributed by atoms with Crippen molar-refractivity contribution in [1.82, 2.24) is 14.8 Å². The van der Waals surface area contributed by atoms with Gasteiger partial charge < -0.3 is 9.80 Å². The maximum Gasteiger partial charge on any atom is 0.227 e. The van der Waals surface area contributed by atoms with Gasteiger partial charge in [0.15, 0.2) is 5.13 Å². The quantitative estimate of drug-likeness (QED) is 0.554. The summed E-state index contributed by atoms with van der Waals surface area (Å²) in [5.74, 6) is 0.410. The first kappa shape index (κ1) is 22.1. The number of anilines is 1. The van der Waals surface area contributed by atoms with E-state index in [9.17, 15) is 4.79 Å². The fourth-order valence-corrected chi connectivity index (χ4v) is 5.92. The highest BCUT2D eigenvalue weighted by molar-refractivity contribution is 7.22. The second-order valence-electron chi connectivity index (χ2n) is 9.19. The Labute approximate surface area is 200 Å². The third kappa shape index (κ3) is 5.28. The minimum absolute atomic E-state index is 0.0806. The van der Waals surface area contributed by atoms with E-state index in [1.54, 1.807) is 11.3 Å². The molecule has 0 saturated carbocycles. The Morgan fingerprint density at radius 1 is 1.09 bits per heavy atom. The van der Waals surface area contributed by atoms with Crippen molar-refractivity contribution in [2.75, 3.05) is 50.7 Å². The molecular weight excluding hydrogens is 428 g/mol. The van der Waals surface area contributed by atoms with Crippen LogP contribution in [0, 0.1) is 12.8 Å². The monoisotopic (exact) mass is 460 g/mol. The van der Waals surface area contributed by atoms with E-state index in [2.05, 4.69) is 76.2 Å². The van der Waals surface area contributed by atoms with E-state index in [-0.39, 0.29) is 5.92 Å². The summed E-state index contributed by atoms with van der Waals surface area (Å²) in [7, 11) is 0. The van der Waals surface area contributed by atoms with Gasteiger partial charge in [0, 0.05) is 45.8 Å². The first-order chi connectivity index (χ1) is 16.2. The van der Waals surface area contributed by atoms with Gasteiger partial charge in [-0.2, -0.15) is 0 Å². The third-order valence-electron chi connectivity index (χ3n) is 6.73. The molecule has 0 aliphatic carbocycles. The van der Waals surface area contributed by atoms with Crippen LogP contribution in [0.5, 0.6) is 0 Å². The predicted octanol–water partition coefficient (Wildman–Crippen LogP) is 4.68. The molecule has 1 atom stereocenters. The Morgan fingerprint density at radius 3 is 2.73 bits per heavy atom. The number of hydrogen-bond acceptors (Lipinski definition) is 5. The van der Waals surface area contributed by atoms with Crippen molar-refractivity contribution in [1.29, 1.82) is 0 Å². The molecule has 0 radical (unpaired) electrons. The van der Waals surface area contributed by atoms with Crippen LogP contribution in [0.15, 0.2) is 54.6 Å². The molecule has 0 bridgehead atoms. The lowest BCUT2D eigenvalue weighted by atomic mass is 9.96. The Balaban J connectivity index is 1.14. The minimum atomic E-state index is 0.0806. The maximum atomic E-state index is 13.3. The molecule has 2 aromatic carbocycles. The highest BCUT2D eigenvalue weighted by Crippen LogP contribution is 2.32. The van der Waals surface area contributed by atoms with Crippen LogP contribution in [0.4, 0.5) is 5.13 Å². The molecule has 3 aromatic rings. The minimum Gasteiger partial charge on any atom is -0.347 e. The topological polar surface area (TPSA) is 39.7 Å². The smallest absolute Gasteiger partial charge is 0.227 e. The van der Waals surface area contributed by atoms with Crippen molar-refractivity contribution in [2.45, 2.75) is 19.8 Å². The van der Waals surface area contributed by atoms with Crippen LogP contribution >= 0.6 is 11.3 Å². The number of piperidine rings is 1. The zero-order chi connectivity index (χ0) is 22.6. The van der Waals surface area contributed by atoms with Crippen LogP contribution in [0.3, 0.4) is 0 Å². The van der Waals surface area contributed by atoms with Crippen LogP contribution < -0.4 is 4.90 Å². The second-order valence-corrected chi connectivity index (χ2v) is 10.2. The van der Waals surface area contributed by atoms with Gasteiger partial charge in [-0.05, 0) is 43.0 Å². The standard InChI is InChI=1S/C27H32N4OS/c1-21-11-12-24-25(19-21)33-27(28-24)31-14-6-10-23(20-31)26(32)30-17-15-29(16-18-30)13-5-9-22-7-3-2-4-8-22/h2-5,7-9,11-12,19,23H,6,10,13-18,20H2,1H3/b9-5+. The number of amides is 1. The van der Waals surface area contributed by atoms with E-state index in [1.807, 2.05) is 6.07 Å². The zero-order valence-corrected chi connectivity index (χ0v) is 20.1. The van der Waals surface area contributed by atoms with Crippen LogP contribution in [0.2, 0.25) is 0 Å². The molecule has 0 spiro atoms. The van der Waals surface area contributed by atoms with Gasteiger partial charge in [0.1, 0.15) is 0 Å². The normalized spacial score (nSPS) is 20.1. The van der Waals surface area contributed by atoms with E-state index in [0.717, 1.165) is 69.3 Å². The van der Waals surface area contributed by atoms with E-state index >= 15 is 0 Å². The number of rotatable bonds is 5. The van der Waals surface area contributed by atoms with Crippen LogP contribution in [0.1, 0.15) is 24.0 Å². The second kappa shape index (κ2) is 10.1. The van der Waals surface area contributed by atoms with E-state index < -0.39 is 0 Å². The molecule has 5 rings (SSSR count). The average Bonchev–Trinajstić information content (AvgIpc) is 3.28. The number of fused-ring (bicyclic) bond motifs is 1. The van der Waals surface area contributed by atoms with E-state index in [4.69, 9.17) is 4.98 Å². The highest BCUT2D eigenvalue weighted by atomic mass is 32.1. The van der Waals surface area contributed by atoms with Crippen molar-refractivity contribution in [2.24, 2.45) is 5.92 Å². The molecule has 33 heavy (non-hydrogen) atoms. The first-order valence-electron chi connectivity index (χ1n) is 12.0. The van der Waals surface area contributed by atoms with E-state index in [1.165, 1.54) is 15.8 Å². The van der Waals surface area contributed by atoms with Gasteiger partial charge in [-0.3, -0.25) is 9.69 Å². The Morgan fingerprint density at radius 2 is 1.91 bits per heavy atom. The lowest BCUT2D eigenvalue weighted by molar-refractivity contribution is -0.137. The summed E-state index contributed by atoms with van der Waals surface area (Å²) in [6, 6.07) is 16.8. The van der Waals surface area contributed by atoms with Gasteiger partial charge >= 0.3 is 0 Å². The number of thiazole rings is 1. The SMILES string of the molecule is Cc1ccc2nc(N3CCCC(C(=O)N4CCN(C/C=C/c5ccccc5)CC4)C3)sc2c1. The summed E-state index contributed by atoms with van der Waals surface area (Å²) < 4.78 is 1.23. The molecule has 1 unspecified atom stereocenters. The molecule has 172 valence electrons. The van der Waals surface area contributed by atoms with Gasteiger partial charge in [-0.15, -0.1) is 0 Å². The fraction of sp³-hybridized carbons (Fsp3) is 0.407.